The van der Waals surface area contributed by atoms with E-state index in [-0.39, 0.29) is 5.92 Å². The summed E-state index contributed by atoms with van der Waals surface area (Å²) in [5.74, 6) is 0.692. The first-order chi connectivity index (χ1) is 7.41. The van der Waals surface area contributed by atoms with Gasteiger partial charge in [-0.25, -0.2) is 8.78 Å². The average Bonchev–Trinajstić information content (AvgIpc) is 2.18. The molecule has 0 aliphatic rings. The van der Waals surface area contributed by atoms with Crippen molar-refractivity contribution in [2.75, 3.05) is 12.3 Å². The van der Waals surface area contributed by atoms with Gasteiger partial charge in [-0.2, -0.15) is 0 Å². The second-order valence-electron chi connectivity index (χ2n) is 4.10. The summed E-state index contributed by atoms with van der Waals surface area (Å²) in [6.45, 7) is 5.19. The van der Waals surface area contributed by atoms with Crippen molar-refractivity contribution in [2.24, 2.45) is 0 Å². The van der Waals surface area contributed by atoms with Gasteiger partial charge in [-0.05, 0) is 36.1 Å². The van der Waals surface area contributed by atoms with E-state index in [1.54, 1.807) is 12.1 Å². The van der Waals surface area contributed by atoms with Gasteiger partial charge in [-0.15, -0.1) is 0 Å². The Balaban J connectivity index is 3.00. The van der Waals surface area contributed by atoms with Crippen LogP contribution in [0.1, 0.15) is 30.9 Å². The fourth-order valence-electron chi connectivity index (χ4n) is 1.44. The van der Waals surface area contributed by atoms with E-state index in [2.05, 4.69) is 0 Å². The van der Waals surface area contributed by atoms with E-state index in [1.807, 2.05) is 20.8 Å². The summed E-state index contributed by atoms with van der Waals surface area (Å²) >= 11 is 0. The Bertz CT molecular complexity index is 364. The van der Waals surface area contributed by atoms with Gasteiger partial charge in [0.25, 0.3) is 6.43 Å². The van der Waals surface area contributed by atoms with E-state index in [4.69, 9.17) is 10.5 Å². The van der Waals surface area contributed by atoms with E-state index in [0.29, 0.717) is 11.4 Å². The molecule has 0 radical (unpaired) electrons. The molecule has 1 rings (SSSR count). The Morgan fingerprint density at radius 1 is 1.31 bits per heavy atom. The highest BCUT2D eigenvalue weighted by atomic mass is 19.3. The van der Waals surface area contributed by atoms with Gasteiger partial charge in [0.1, 0.15) is 12.4 Å². The van der Waals surface area contributed by atoms with Crippen molar-refractivity contribution in [1.82, 2.24) is 0 Å². The van der Waals surface area contributed by atoms with Crippen LogP contribution in [-0.2, 0) is 0 Å². The molecule has 0 amide bonds. The first-order valence-electron chi connectivity index (χ1n) is 5.22. The SMILES string of the molecule is Cc1cc(OCC(F)F)c(C(C)C)cc1N. The van der Waals surface area contributed by atoms with Crippen molar-refractivity contribution in [3.05, 3.63) is 23.3 Å². The van der Waals surface area contributed by atoms with Gasteiger partial charge < -0.3 is 10.5 Å². The van der Waals surface area contributed by atoms with E-state index in [1.165, 1.54) is 0 Å². The quantitative estimate of drug-likeness (QED) is 0.803. The number of halogens is 2. The first kappa shape index (κ1) is 12.7. The van der Waals surface area contributed by atoms with Crippen molar-refractivity contribution >= 4 is 5.69 Å². The maximum atomic E-state index is 12.1. The summed E-state index contributed by atoms with van der Waals surface area (Å²) < 4.78 is 29.3. The van der Waals surface area contributed by atoms with Crippen LogP contribution in [0, 0.1) is 6.92 Å². The zero-order valence-corrected chi connectivity index (χ0v) is 9.76. The highest BCUT2D eigenvalue weighted by molar-refractivity contribution is 5.55. The number of benzene rings is 1. The largest absolute Gasteiger partial charge is 0.487 e. The van der Waals surface area contributed by atoms with E-state index >= 15 is 0 Å². The number of alkyl halides is 2. The Labute approximate surface area is 94.4 Å². The Morgan fingerprint density at radius 3 is 2.44 bits per heavy atom. The van der Waals surface area contributed by atoms with E-state index in [0.717, 1.165) is 11.1 Å². The third-order valence-electron chi connectivity index (χ3n) is 2.39. The van der Waals surface area contributed by atoms with Crippen molar-refractivity contribution in [2.45, 2.75) is 33.1 Å². The predicted molar refractivity (Wildman–Crippen MR) is 61.2 cm³/mol. The smallest absolute Gasteiger partial charge is 0.272 e. The second-order valence-corrected chi connectivity index (χ2v) is 4.10. The zero-order chi connectivity index (χ0) is 12.3. The molecule has 90 valence electrons. The number of nitrogen functional groups attached to an aromatic ring is 1. The minimum atomic E-state index is -2.46. The van der Waals surface area contributed by atoms with Gasteiger partial charge in [0.05, 0.1) is 0 Å². The molecule has 0 fully saturated rings. The van der Waals surface area contributed by atoms with Crippen LogP contribution >= 0.6 is 0 Å². The number of rotatable bonds is 4. The summed E-state index contributed by atoms with van der Waals surface area (Å²) in [5, 5.41) is 0. The van der Waals surface area contributed by atoms with Gasteiger partial charge in [-0.3, -0.25) is 0 Å². The van der Waals surface area contributed by atoms with Crippen LogP contribution in [0.25, 0.3) is 0 Å². The molecular formula is C12H17F2NO. The lowest BCUT2D eigenvalue weighted by molar-refractivity contribution is 0.0813. The second kappa shape index (κ2) is 5.14. The van der Waals surface area contributed by atoms with Crippen LogP contribution in [0.15, 0.2) is 12.1 Å². The molecule has 1 aromatic carbocycles. The molecule has 16 heavy (non-hydrogen) atoms. The molecule has 2 nitrogen and oxygen atoms in total. The van der Waals surface area contributed by atoms with Gasteiger partial charge >= 0.3 is 0 Å². The molecule has 0 atom stereocenters. The van der Waals surface area contributed by atoms with Crippen molar-refractivity contribution in [1.29, 1.82) is 0 Å². The average molecular weight is 229 g/mol. The summed E-state index contributed by atoms with van der Waals surface area (Å²) in [6.07, 6.45) is -2.46. The molecule has 0 bridgehead atoms. The number of ether oxygens (including phenoxy) is 1. The molecule has 4 heteroatoms. The van der Waals surface area contributed by atoms with Gasteiger partial charge in [0, 0.05) is 5.69 Å². The monoisotopic (exact) mass is 229 g/mol. The highest BCUT2D eigenvalue weighted by Crippen LogP contribution is 2.31. The predicted octanol–water partition coefficient (Wildman–Crippen LogP) is 3.34. The molecule has 0 aliphatic carbocycles. The minimum Gasteiger partial charge on any atom is -0.487 e. The van der Waals surface area contributed by atoms with Crippen LogP contribution in [0.3, 0.4) is 0 Å². The minimum absolute atomic E-state index is 0.190. The Morgan fingerprint density at radius 2 is 1.94 bits per heavy atom. The lowest BCUT2D eigenvalue weighted by Gasteiger charge is -2.16. The van der Waals surface area contributed by atoms with E-state index < -0.39 is 13.0 Å². The summed E-state index contributed by atoms with van der Waals surface area (Å²) in [7, 11) is 0. The lowest BCUT2D eigenvalue weighted by atomic mass is 9.99. The van der Waals surface area contributed by atoms with Gasteiger partial charge in [0.15, 0.2) is 0 Å². The number of hydrogen-bond donors (Lipinski definition) is 1. The lowest BCUT2D eigenvalue weighted by Crippen LogP contribution is -2.09. The summed E-state index contributed by atoms with van der Waals surface area (Å²) in [4.78, 5) is 0. The molecule has 0 saturated heterocycles. The standard InChI is InChI=1S/C12H17F2NO/c1-7(2)9-5-10(15)8(3)4-11(9)16-6-12(13)14/h4-5,7,12H,6,15H2,1-3H3. The molecule has 0 aromatic heterocycles. The highest BCUT2D eigenvalue weighted by Gasteiger charge is 2.12. The van der Waals surface area contributed by atoms with Crippen LogP contribution < -0.4 is 10.5 Å². The third-order valence-corrected chi connectivity index (χ3v) is 2.39. The van der Waals surface area contributed by atoms with E-state index in [9.17, 15) is 8.78 Å². The van der Waals surface area contributed by atoms with Crippen molar-refractivity contribution in [3.63, 3.8) is 0 Å². The molecule has 0 aliphatic heterocycles. The fraction of sp³-hybridized carbons (Fsp3) is 0.500. The Hall–Kier alpha value is -1.32. The van der Waals surface area contributed by atoms with Gasteiger partial charge in [0.2, 0.25) is 0 Å². The molecule has 2 N–H and O–H groups in total. The number of anilines is 1. The molecule has 1 aromatic rings. The zero-order valence-electron chi connectivity index (χ0n) is 9.76. The first-order valence-corrected chi connectivity index (χ1v) is 5.22. The topological polar surface area (TPSA) is 35.2 Å². The molecular weight excluding hydrogens is 212 g/mol. The molecule has 0 unspecified atom stereocenters. The van der Waals surface area contributed by atoms with Crippen LogP contribution in [0.2, 0.25) is 0 Å². The molecule has 0 heterocycles. The molecule has 0 saturated carbocycles. The third kappa shape index (κ3) is 3.08. The van der Waals surface area contributed by atoms with Crippen LogP contribution in [0.4, 0.5) is 14.5 Å². The maximum Gasteiger partial charge on any atom is 0.272 e. The summed E-state index contributed by atoms with van der Waals surface area (Å²) in [6, 6.07) is 3.51. The fourth-order valence-corrected chi connectivity index (χ4v) is 1.44. The normalized spacial score (nSPS) is 11.2. The van der Waals surface area contributed by atoms with Crippen molar-refractivity contribution in [3.8, 4) is 5.75 Å². The maximum absolute atomic E-state index is 12.1. The number of hydrogen-bond acceptors (Lipinski definition) is 2. The molecule has 0 spiro atoms. The van der Waals surface area contributed by atoms with Crippen molar-refractivity contribution < 1.29 is 13.5 Å². The number of nitrogens with two attached hydrogens (primary N) is 1. The van der Waals surface area contributed by atoms with Gasteiger partial charge in [-0.1, -0.05) is 13.8 Å². The van der Waals surface area contributed by atoms with Crippen LogP contribution in [0.5, 0.6) is 5.75 Å². The number of aryl methyl sites for hydroxylation is 1. The Kier molecular flexibility index (Phi) is 4.10. The summed E-state index contributed by atoms with van der Waals surface area (Å²) in [5.41, 5.74) is 8.15. The van der Waals surface area contributed by atoms with Crippen LogP contribution in [-0.4, -0.2) is 13.0 Å².